The molecule has 22 heavy (non-hydrogen) atoms. The van der Waals surface area contributed by atoms with Crippen LogP contribution in [0.3, 0.4) is 0 Å². The second-order valence-corrected chi connectivity index (χ2v) is 5.76. The second-order valence-electron chi connectivity index (χ2n) is 5.32. The summed E-state index contributed by atoms with van der Waals surface area (Å²) in [6, 6.07) is 4.84. The molecule has 120 valence electrons. The molecule has 1 aliphatic rings. The number of halogens is 3. The summed E-state index contributed by atoms with van der Waals surface area (Å²) in [5.41, 5.74) is 0.628. The molecule has 0 saturated carbocycles. The fourth-order valence-corrected chi connectivity index (χ4v) is 2.97. The van der Waals surface area contributed by atoms with Crippen molar-refractivity contribution in [2.24, 2.45) is 7.05 Å². The zero-order chi connectivity index (χ0) is 14.8. The zero-order valence-corrected chi connectivity index (χ0v) is 13.9. The van der Waals surface area contributed by atoms with Gasteiger partial charge < -0.3 is 9.88 Å². The summed E-state index contributed by atoms with van der Waals surface area (Å²) >= 11 is 5.98. The first kappa shape index (κ1) is 17.2. The third-order valence-corrected chi connectivity index (χ3v) is 4.13. The number of benzene rings is 1. The van der Waals surface area contributed by atoms with Crippen molar-refractivity contribution in [1.29, 1.82) is 0 Å². The van der Waals surface area contributed by atoms with Gasteiger partial charge in [-0.1, -0.05) is 11.6 Å². The van der Waals surface area contributed by atoms with Gasteiger partial charge in [-0.2, -0.15) is 0 Å². The molecule has 0 radical (unpaired) electrons. The third-order valence-electron chi connectivity index (χ3n) is 3.89. The smallest absolute Gasteiger partial charge is 0.127 e. The molecule has 1 N–H and O–H groups in total. The second kappa shape index (κ2) is 7.42. The molecule has 0 aliphatic carbocycles. The summed E-state index contributed by atoms with van der Waals surface area (Å²) in [6.07, 6.45) is 3.73. The quantitative estimate of drug-likeness (QED) is 0.929. The topological polar surface area (TPSA) is 33.1 Å². The van der Waals surface area contributed by atoms with Crippen molar-refractivity contribution in [3.8, 4) is 0 Å². The van der Waals surface area contributed by atoms with E-state index in [0.29, 0.717) is 17.1 Å². The van der Waals surface area contributed by atoms with Crippen molar-refractivity contribution >= 4 is 24.0 Å². The summed E-state index contributed by atoms with van der Waals surface area (Å²) in [4.78, 5) is 6.68. The first-order valence-electron chi connectivity index (χ1n) is 7.01. The number of rotatable bonds is 3. The Morgan fingerprint density at radius 1 is 1.45 bits per heavy atom. The van der Waals surface area contributed by atoms with Crippen molar-refractivity contribution in [2.75, 3.05) is 19.6 Å². The Morgan fingerprint density at radius 2 is 2.27 bits per heavy atom. The van der Waals surface area contributed by atoms with Gasteiger partial charge in [0.1, 0.15) is 11.6 Å². The largest absolute Gasteiger partial charge is 0.337 e. The fraction of sp³-hybridized carbons (Fsp3) is 0.400. The van der Waals surface area contributed by atoms with E-state index in [2.05, 4.69) is 15.2 Å². The van der Waals surface area contributed by atoms with Gasteiger partial charge in [0.2, 0.25) is 0 Å². The van der Waals surface area contributed by atoms with Crippen LogP contribution in [0.15, 0.2) is 30.6 Å². The predicted molar refractivity (Wildman–Crippen MR) is 87.9 cm³/mol. The molecule has 1 unspecified atom stereocenters. The number of hydrogen-bond donors (Lipinski definition) is 1. The number of aryl methyl sites for hydroxylation is 1. The van der Waals surface area contributed by atoms with E-state index in [1.54, 1.807) is 18.3 Å². The van der Waals surface area contributed by atoms with Gasteiger partial charge in [-0.05, 0) is 18.2 Å². The van der Waals surface area contributed by atoms with Crippen LogP contribution in [-0.4, -0.2) is 34.1 Å². The van der Waals surface area contributed by atoms with Crippen LogP contribution < -0.4 is 5.32 Å². The van der Waals surface area contributed by atoms with Gasteiger partial charge in [0.05, 0.1) is 6.04 Å². The van der Waals surface area contributed by atoms with E-state index in [1.165, 1.54) is 6.07 Å². The highest BCUT2D eigenvalue weighted by atomic mass is 35.5. The molecule has 0 spiro atoms. The fourth-order valence-electron chi connectivity index (χ4n) is 2.77. The van der Waals surface area contributed by atoms with Crippen LogP contribution in [0.4, 0.5) is 4.39 Å². The van der Waals surface area contributed by atoms with E-state index >= 15 is 0 Å². The lowest BCUT2D eigenvalue weighted by Crippen LogP contribution is -2.46. The van der Waals surface area contributed by atoms with Crippen LogP contribution >= 0.6 is 24.0 Å². The molecular formula is C15H19Cl2FN4. The van der Waals surface area contributed by atoms with Crippen LogP contribution in [0.1, 0.15) is 17.4 Å². The molecular weight excluding hydrogens is 326 g/mol. The minimum atomic E-state index is -0.212. The minimum absolute atomic E-state index is 0. The summed E-state index contributed by atoms with van der Waals surface area (Å²) in [7, 11) is 1.98. The Hall–Kier alpha value is -1.14. The van der Waals surface area contributed by atoms with Crippen molar-refractivity contribution in [2.45, 2.75) is 12.6 Å². The molecule has 1 fully saturated rings. The lowest BCUT2D eigenvalue weighted by atomic mass is 10.1. The zero-order valence-electron chi connectivity index (χ0n) is 12.3. The van der Waals surface area contributed by atoms with Gasteiger partial charge in [0.15, 0.2) is 0 Å². The molecule has 1 aromatic carbocycles. The van der Waals surface area contributed by atoms with Crippen LogP contribution in [0.25, 0.3) is 0 Å². The monoisotopic (exact) mass is 344 g/mol. The van der Waals surface area contributed by atoms with Gasteiger partial charge in [0.25, 0.3) is 0 Å². The predicted octanol–water partition coefficient (Wildman–Crippen LogP) is 2.78. The van der Waals surface area contributed by atoms with E-state index in [0.717, 1.165) is 25.5 Å². The van der Waals surface area contributed by atoms with Gasteiger partial charge in [-0.3, -0.25) is 4.90 Å². The van der Waals surface area contributed by atoms with Gasteiger partial charge in [-0.25, -0.2) is 9.37 Å². The molecule has 3 rings (SSSR count). The van der Waals surface area contributed by atoms with Gasteiger partial charge in [0, 0.05) is 56.2 Å². The van der Waals surface area contributed by atoms with E-state index < -0.39 is 0 Å². The van der Waals surface area contributed by atoms with E-state index in [4.69, 9.17) is 11.6 Å². The first-order chi connectivity index (χ1) is 10.1. The molecule has 0 amide bonds. The van der Waals surface area contributed by atoms with E-state index in [-0.39, 0.29) is 24.3 Å². The first-order valence-corrected chi connectivity index (χ1v) is 7.39. The molecule has 0 bridgehead atoms. The number of nitrogens with zero attached hydrogens (tertiary/aromatic N) is 3. The van der Waals surface area contributed by atoms with Crippen molar-refractivity contribution in [1.82, 2.24) is 19.8 Å². The maximum Gasteiger partial charge on any atom is 0.127 e. The number of piperazine rings is 1. The number of imidazole rings is 1. The normalized spacial score (nSPS) is 19.0. The molecule has 4 nitrogen and oxygen atoms in total. The van der Waals surface area contributed by atoms with Crippen LogP contribution in [0.5, 0.6) is 0 Å². The lowest BCUT2D eigenvalue weighted by molar-refractivity contribution is 0.143. The number of hydrogen-bond acceptors (Lipinski definition) is 3. The summed E-state index contributed by atoms with van der Waals surface area (Å²) in [6.45, 7) is 3.09. The minimum Gasteiger partial charge on any atom is -0.337 e. The highest BCUT2D eigenvalue weighted by molar-refractivity contribution is 6.30. The van der Waals surface area contributed by atoms with Gasteiger partial charge in [-0.15, -0.1) is 12.4 Å². The van der Waals surface area contributed by atoms with Crippen molar-refractivity contribution < 1.29 is 4.39 Å². The summed E-state index contributed by atoms with van der Waals surface area (Å²) in [5, 5.41) is 3.94. The van der Waals surface area contributed by atoms with Crippen molar-refractivity contribution in [3.63, 3.8) is 0 Å². The number of aromatic nitrogens is 2. The Labute approximate surface area is 140 Å². The third kappa shape index (κ3) is 3.60. The van der Waals surface area contributed by atoms with Crippen molar-refractivity contribution in [3.05, 3.63) is 52.8 Å². The molecule has 1 aromatic heterocycles. The molecule has 2 aromatic rings. The number of nitrogens with one attached hydrogen (secondary N) is 1. The van der Waals surface area contributed by atoms with E-state index in [9.17, 15) is 4.39 Å². The Morgan fingerprint density at radius 3 is 3.00 bits per heavy atom. The van der Waals surface area contributed by atoms with Gasteiger partial charge >= 0.3 is 0 Å². The maximum absolute atomic E-state index is 14.0. The average molecular weight is 345 g/mol. The summed E-state index contributed by atoms with van der Waals surface area (Å²) < 4.78 is 16.0. The molecule has 7 heteroatoms. The van der Waals surface area contributed by atoms with Crippen LogP contribution in [0, 0.1) is 5.82 Å². The standard InChI is InChI=1S/C15H18ClFN4.ClH/c1-20-6-5-19-15(20)14-9-18-4-7-21(14)10-11-8-12(16)2-3-13(11)17;/h2-3,5-6,8,14,18H,4,7,9-10H2,1H3;1H. The van der Waals surface area contributed by atoms with Crippen LogP contribution in [0.2, 0.25) is 5.02 Å². The Bertz CT molecular complexity index is 632. The molecule has 2 heterocycles. The molecule has 1 saturated heterocycles. The Balaban J connectivity index is 0.00000176. The van der Waals surface area contributed by atoms with E-state index in [1.807, 2.05) is 17.8 Å². The SMILES string of the molecule is Cl.Cn1ccnc1C1CNCCN1Cc1cc(Cl)ccc1F. The maximum atomic E-state index is 14.0. The van der Waals surface area contributed by atoms with Crippen LogP contribution in [-0.2, 0) is 13.6 Å². The molecule has 1 aliphatic heterocycles. The highest BCUT2D eigenvalue weighted by Gasteiger charge is 2.27. The summed E-state index contributed by atoms with van der Waals surface area (Å²) in [5.74, 6) is 0.779. The Kier molecular flexibility index (Phi) is 5.81. The molecule has 1 atom stereocenters. The highest BCUT2D eigenvalue weighted by Crippen LogP contribution is 2.24. The lowest BCUT2D eigenvalue weighted by Gasteiger charge is -2.35. The average Bonchev–Trinajstić information content (AvgIpc) is 2.90.